The van der Waals surface area contributed by atoms with Crippen molar-refractivity contribution in [2.45, 2.75) is 11.8 Å². The van der Waals surface area contributed by atoms with Crippen LogP contribution in [0.5, 0.6) is 5.75 Å². The molecule has 1 N–H and O–H groups in total. The summed E-state index contributed by atoms with van der Waals surface area (Å²) >= 11 is 9.12. The summed E-state index contributed by atoms with van der Waals surface area (Å²) in [4.78, 5) is 2.24. The molecule has 2 rings (SSSR count). The Morgan fingerprint density at radius 3 is 2.57 bits per heavy atom. The molecule has 0 heterocycles. The summed E-state index contributed by atoms with van der Waals surface area (Å²) < 4.78 is 30.3. The highest BCUT2D eigenvalue weighted by molar-refractivity contribution is 9.10. The number of ether oxygens (including phenoxy) is 1. The zero-order chi connectivity index (χ0) is 16.9. The predicted molar refractivity (Wildman–Crippen MR) is 94.7 cm³/mol. The van der Waals surface area contributed by atoms with E-state index in [1.165, 1.54) is 30.5 Å². The van der Waals surface area contributed by atoms with E-state index in [4.69, 9.17) is 16.3 Å². The number of sulfonamides is 1. The molecule has 0 atom stereocenters. The predicted octanol–water partition coefficient (Wildman–Crippen LogP) is 3.81. The quantitative estimate of drug-likeness (QED) is 0.574. The molecule has 0 amide bonds. The smallest absolute Gasteiger partial charge is 0.276 e. The molecule has 122 valence electrons. The van der Waals surface area contributed by atoms with Gasteiger partial charge in [-0.25, -0.2) is 4.83 Å². The first kappa shape index (κ1) is 17.8. The summed E-state index contributed by atoms with van der Waals surface area (Å²) in [5.41, 5.74) is 0.721. The molecule has 2 aromatic rings. The molecule has 0 unspecified atom stereocenters. The monoisotopic (exact) mass is 416 g/mol. The van der Waals surface area contributed by atoms with E-state index >= 15 is 0 Å². The summed E-state index contributed by atoms with van der Waals surface area (Å²) in [6, 6.07) is 11.2. The number of hydrogen-bond acceptors (Lipinski definition) is 4. The molecule has 0 aliphatic rings. The Balaban J connectivity index is 2.09. The first-order chi connectivity index (χ1) is 10.9. The molecule has 5 nitrogen and oxygen atoms in total. The Labute approximate surface area is 148 Å². The third-order valence-corrected chi connectivity index (χ3v) is 4.88. The molecule has 0 aliphatic heterocycles. The van der Waals surface area contributed by atoms with Gasteiger partial charge in [0, 0.05) is 5.02 Å². The molecule has 0 aliphatic carbocycles. The second-order valence-corrected chi connectivity index (χ2v) is 7.38. The summed E-state index contributed by atoms with van der Waals surface area (Å²) in [5.74, 6) is 0.714. The second kappa shape index (κ2) is 7.81. The van der Waals surface area contributed by atoms with Crippen LogP contribution in [0, 0.1) is 0 Å². The lowest BCUT2D eigenvalue weighted by Gasteiger charge is -2.06. The molecule has 2 aromatic carbocycles. The van der Waals surface area contributed by atoms with Gasteiger partial charge in [0.15, 0.2) is 0 Å². The molecular formula is C15H14BrClN2O3S. The van der Waals surface area contributed by atoms with Crippen LogP contribution in [0.15, 0.2) is 56.9 Å². The highest BCUT2D eigenvalue weighted by atomic mass is 79.9. The number of nitrogens with one attached hydrogen (secondary N) is 1. The third kappa shape index (κ3) is 4.95. The van der Waals surface area contributed by atoms with E-state index in [1.54, 1.807) is 18.2 Å². The number of hydrazone groups is 1. The molecule has 0 fully saturated rings. The van der Waals surface area contributed by atoms with Crippen LogP contribution in [-0.2, 0) is 10.0 Å². The van der Waals surface area contributed by atoms with Gasteiger partial charge < -0.3 is 4.74 Å². The number of benzene rings is 2. The maximum Gasteiger partial charge on any atom is 0.276 e. The Kier molecular flexibility index (Phi) is 6.04. The minimum atomic E-state index is -3.72. The van der Waals surface area contributed by atoms with Gasteiger partial charge in [-0.15, -0.1) is 0 Å². The molecular weight excluding hydrogens is 404 g/mol. The van der Waals surface area contributed by atoms with Crippen LogP contribution >= 0.6 is 27.5 Å². The summed E-state index contributed by atoms with van der Waals surface area (Å²) in [6.07, 6.45) is 1.41. The lowest BCUT2D eigenvalue weighted by atomic mass is 10.2. The van der Waals surface area contributed by atoms with Crippen LogP contribution in [0.1, 0.15) is 12.5 Å². The van der Waals surface area contributed by atoms with Gasteiger partial charge >= 0.3 is 0 Å². The molecule has 0 spiro atoms. The van der Waals surface area contributed by atoms with Gasteiger partial charge in [-0.2, -0.15) is 13.5 Å². The number of nitrogens with zero attached hydrogens (tertiary/aromatic N) is 1. The molecule has 0 saturated heterocycles. The standard InChI is InChI=1S/C15H14BrClN2O3S/c1-2-22-15-8-3-11(9-14(15)16)10-18-19-23(20,21)13-6-4-12(17)5-7-13/h3-10,19H,2H2,1H3/b18-10+. The molecule has 0 radical (unpaired) electrons. The number of rotatable bonds is 6. The van der Waals surface area contributed by atoms with Crippen LogP contribution in [0.2, 0.25) is 5.02 Å². The van der Waals surface area contributed by atoms with Crippen molar-refractivity contribution in [2.24, 2.45) is 5.10 Å². The van der Waals surface area contributed by atoms with Crippen molar-refractivity contribution in [1.29, 1.82) is 0 Å². The van der Waals surface area contributed by atoms with E-state index in [1.807, 2.05) is 6.92 Å². The first-order valence-corrected chi connectivity index (χ1v) is 9.30. The normalized spacial score (nSPS) is 11.6. The van der Waals surface area contributed by atoms with E-state index in [-0.39, 0.29) is 4.90 Å². The number of hydrogen-bond donors (Lipinski definition) is 1. The first-order valence-electron chi connectivity index (χ1n) is 6.65. The highest BCUT2D eigenvalue weighted by Gasteiger charge is 2.12. The van der Waals surface area contributed by atoms with E-state index in [9.17, 15) is 8.42 Å². The van der Waals surface area contributed by atoms with Crippen LogP contribution in [-0.4, -0.2) is 21.2 Å². The van der Waals surface area contributed by atoms with Gasteiger partial charge in [0.05, 0.1) is 22.2 Å². The van der Waals surface area contributed by atoms with Crippen molar-refractivity contribution in [3.8, 4) is 5.75 Å². The Morgan fingerprint density at radius 2 is 1.96 bits per heavy atom. The Morgan fingerprint density at radius 1 is 1.26 bits per heavy atom. The Hall–Kier alpha value is -1.57. The fraction of sp³-hybridized carbons (Fsp3) is 0.133. The topological polar surface area (TPSA) is 67.8 Å². The molecule has 23 heavy (non-hydrogen) atoms. The lowest BCUT2D eigenvalue weighted by Crippen LogP contribution is -2.18. The van der Waals surface area contributed by atoms with Crippen molar-refractivity contribution in [3.63, 3.8) is 0 Å². The van der Waals surface area contributed by atoms with Crippen molar-refractivity contribution in [1.82, 2.24) is 4.83 Å². The SMILES string of the molecule is CCOc1ccc(/C=N/NS(=O)(=O)c2ccc(Cl)cc2)cc1Br. The van der Waals surface area contributed by atoms with Crippen molar-refractivity contribution < 1.29 is 13.2 Å². The second-order valence-electron chi connectivity index (χ2n) is 4.43. The van der Waals surface area contributed by atoms with Crippen LogP contribution in [0.4, 0.5) is 0 Å². The van der Waals surface area contributed by atoms with Gasteiger partial charge in [0.2, 0.25) is 0 Å². The van der Waals surface area contributed by atoms with Gasteiger partial charge in [-0.1, -0.05) is 11.6 Å². The van der Waals surface area contributed by atoms with Crippen LogP contribution < -0.4 is 9.57 Å². The van der Waals surface area contributed by atoms with E-state index < -0.39 is 10.0 Å². The average Bonchev–Trinajstić information content (AvgIpc) is 2.50. The highest BCUT2D eigenvalue weighted by Crippen LogP contribution is 2.25. The van der Waals surface area contributed by atoms with E-state index in [2.05, 4.69) is 25.9 Å². The van der Waals surface area contributed by atoms with Gasteiger partial charge in [0.1, 0.15) is 5.75 Å². The van der Waals surface area contributed by atoms with Gasteiger partial charge in [0.25, 0.3) is 10.0 Å². The fourth-order valence-electron chi connectivity index (χ4n) is 1.71. The zero-order valence-corrected chi connectivity index (χ0v) is 15.3. The molecule has 0 aromatic heterocycles. The lowest BCUT2D eigenvalue weighted by molar-refractivity contribution is 0.338. The van der Waals surface area contributed by atoms with Gasteiger partial charge in [-0.05, 0) is 70.9 Å². The largest absolute Gasteiger partial charge is 0.493 e. The summed E-state index contributed by atoms with van der Waals surface area (Å²) in [5, 5.41) is 4.24. The maximum atomic E-state index is 12.0. The average molecular weight is 418 g/mol. The minimum Gasteiger partial charge on any atom is -0.493 e. The van der Waals surface area contributed by atoms with E-state index in [0.717, 1.165) is 10.0 Å². The van der Waals surface area contributed by atoms with Gasteiger partial charge in [-0.3, -0.25) is 0 Å². The van der Waals surface area contributed by atoms with Crippen molar-refractivity contribution >= 4 is 43.8 Å². The molecule has 0 bridgehead atoms. The Bertz CT molecular complexity index is 808. The molecule has 8 heteroatoms. The van der Waals surface area contributed by atoms with Crippen molar-refractivity contribution in [2.75, 3.05) is 6.61 Å². The third-order valence-electron chi connectivity index (χ3n) is 2.77. The van der Waals surface area contributed by atoms with Crippen molar-refractivity contribution in [3.05, 3.63) is 57.5 Å². The fourth-order valence-corrected chi connectivity index (χ4v) is 3.13. The van der Waals surface area contributed by atoms with E-state index in [0.29, 0.717) is 17.4 Å². The van der Waals surface area contributed by atoms with Crippen LogP contribution in [0.25, 0.3) is 0 Å². The summed E-state index contributed by atoms with van der Waals surface area (Å²) in [7, 11) is -3.72. The zero-order valence-electron chi connectivity index (χ0n) is 12.2. The summed E-state index contributed by atoms with van der Waals surface area (Å²) in [6.45, 7) is 2.46. The number of halogens is 2. The maximum absolute atomic E-state index is 12.0. The van der Waals surface area contributed by atoms with Crippen LogP contribution in [0.3, 0.4) is 0 Å². The minimum absolute atomic E-state index is 0.0897. The molecule has 0 saturated carbocycles.